The van der Waals surface area contributed by atoms with Crippen molar-refractivity contribution in [2.45, 2.75) is 23.3 Å². The number of fused-ring (bicyclic) bond motifs is 1. The highest BCUT2D eigenvalue weighted by atomic mass is 32.2. The normalized spacial score (nSPS) is 21.3. The first-order valence-electron chi connectivity index (χ1n) is 7.01. The zero-order valence-corrected chi connectivity index (χ0v) is 13.6. The molecule has 114 valence electrons. The summed E-state index contributed by atoms with van der Waals surface area (Å²) in [6, 6.07) is 7.53. The lowest BCUT2D eigenvalue weighted by atomic mass is 10.3. The fourth-order valence-corrected chi connectivity index (χ4v) is 5.59. The average molecular weight is 333 g/mol. The van der Waals surface area contributed by atoms with Gasteiger partial charge in [0.25, 0.3) is 0 Å². The van der Waals surface area contributed by atoms with Gasteiger partial charge >= 0.3 is 0 Å². The van der Waals surface area contributed by atoms with E-state index in [1.807, 2.05) is 35.9 Å². The number of thiophene rings is 1. The zero-order chi connectivity index (χ0) is 15.3. The fourth-order valence-electron chi connectivity index (χ4n) is 2.80. The van der Waals surface area contributed by atoms with Crippen molar-refractivity contribution in [1.29, 1.82) is 0 Å². The smallest absolute Gasteiger partial charge is 0.242 e. The van der Waals surface area contributed by atoms with Crippen LogP contribution in [-0.4, -0.2) is 24.0 Å². The molecule has 0 saturated heterocycles. The van der Waals surface area contributed by atoms with Crippen LogP contribution in [0.4, 0.5) is 0 Å². The minimum Gasteiger partial charge on any atom is -0.337 e. The van der Waals surface area contributed by atoms with Crippen LogP contribution < -0.4 is 4.72 Å². The van der Waals surface area contributed by atoms with E-state index in [0.29, 0.717) is 4.90 Å². The molecule has 1 fully saturated rings. The molecule has 0 unspecified atom stereocenters. The fraction of sp³-hybridized carbons (Fsp3) is 0.267. The summed E-state index contributed by atoms with van der Waals surface area (Å²) in [4.78, 5) is 4.47. The third-order valence-corrected chi connectivity index (χ3v) is 6.71. The van der Waals surface area contributed by atoms with Gasteiger partial charge in [0.05, 0.1) is 6.33 Å². The van der Waals surface area contributed by atoms with Gasteiger partial charge in [-0.1, -0.05) is 18.2 Å². The van der Waals surface area contributed by atoms with Gasteiger partial charge in [0.2, 0.25) is 10.0 Å². The number of nitrogens with zero attached hydrogens (tertiary/aromatic N) is 2. The van der Waals surface area contributed by atoms with E-state index in [0.717, 1.165) is 22.2 Å². The van der Waals surface area contributed by atoms with Crippen LogP contribution in [0.25, 0.3) is 10.1 Å². The summed E-state index contributed by atoms with van der Waals surface area (Å²) in [5.74, 6) is 0.215. The molecule has 4 rings (SSSR count). The Kier molecular flexibility index (Phi) is 3.11. The first kappa shape index (κ1) is 13.9. The molecule has 0 aliphatic heterocycles. The van der Waals surface area contributed by atoms with Crippen molar-refractivity contribution in [3.63, 3.8) is 0 Å². The van der Waals surface area contributed by atoms with Crippen molar-refractivity contribution in [3.8, 4) is 0 Å². The number of hydrogen-bond donors (Lipinski definition) is 1. The minimum absolute atomic E-state index is 0.0425. The Labute approximate surface area is 132 Å². The van der Waals surface area contributed by atoms with E-state index in [4.69, 9.17) is 0 Å². The molecule has 2 heterocycles. The monoisotopic (exact) mass is 333 g/mol. The zero-order valence-electron chi connectivity index (χ0n) is 11.9. The molecule has 0 spiro atoms. The van der Waals surface area contributed by atoms with Crippen molar-refractivity contribution < 1.29 is 8.42 Å². The second-order valence-corrected chi connectivity index (χ2v) is 8.19. The summed E-state index contributed by atoms with van der Waals surface area (Å²) in [6.45, 7) is 0. The molecular weight excluding hydrogens is 318 g/mol. The molecular formula is C15H15N3O2S2. The molecule has 22 heavy (non-hydrogen) atoms. The molecule has 2 aromatic heterocycles. The molecule has 7 heteroatoms. The highest BCUT2D eigenvalue weighted by Gasteiger charge is 2.43. The van der Waals surface area contributed by atoms with Crippen molar-refractivity contribution in [3.05, 3.63) is 47.9 Å². The summed E-state index contributed by atoms with van der Waals surface area (Å²) in [6.07, 6.45) is 4.37. The van der Waals surface area contributed by atoms with Crippen LogP contribution in [0.3, 0.4) is 0 Å². The van der Waals surface area contributed by atoms with Crippen LogP contribution >= 0.6 is 11.3 Å². The van der Waals surface area contributed by atoms with Crippen molar-refractivity contribution in [2.75, 3.05) is 0 Å². The van der Waals surface area contributed by atoms with Crippen LogP contribution in [0, 0.1) is 0 Å². The first-order chi connectivity index (χ1) is 10.6. The van der Waals surface area contributed by atoms with E-state index in [1.54, 1.807) is 17.9 Å². The van der Waals surface area contributed by atoms with Crippen LogP contribution in [0.5, 0.6) is 0 Å². The number of aryl methyl sites for hydroxylation is 1. The molecule has 1 aromatic carbocycles. The maximum Gasteiger partial charge on any atom is 0.242 e. The number of aromatic nitrogens is 2. The molecule has 0 bridgehead atoms. The molecule has 5 nitrogen and oxygen atoms in total. The van der Waals surface area contributed by atoms with Gasteiger partial charge in [-0.15, -0.1) is 11.3 Å². The van der Waals surface area contributed by atoms with Crippen molar-refractivity contribution >= 4 is 31.4 Å². The lowest BCUT2D eigenvalue weighted by molar-refractivity contribution is 0.580. The van der Waals surface area contributed by atoms with Crippen LogP contribution in [0.15, 0.2) is 47.1 Å². The van der Waals surface area contributed by atoms with E-state index >= 15 is 0 Å². The van der Waals surface area contributed by atoms with Crippen LogP contribution in [0.1, 0.15) is 18.0 Å². The maximum absolute atomic E-state index is 12.6. The van der Waals surface area contributed by atoms with Gasteiger partial charge in [-0.2, -0.15) is 0 Å². The lowest BCUT2D eigenvalue weighted by Crippen LogP contribution is -2.26. The molecule has 1 saturated carbocycles. The predicted octanol–water partition coefficient (Wildman–Crippen LogP) is 2.47. The van der Waals surface area contributed by atoms with Gasteiger partial charge in [-0.25, -0.2) is 18.1 Å². The Morgan fingerprint density at radius 2 is 2.18 bits per heavy atom. The molecule has 1 N–H and O–H groups in total. The number of hydrogen-bond acceptors (Lipinski definition) is 4. The number of sulfonamides is 1. The van der Waals surface area contributed by atoms with Gasteiger partial charge in [0.15, 0.2) is 0 Å². The molecule has 1 aliphatic rings. The summed E-state index contributed by atoms with van der Waals surface area (Å²) in [5, 5.41) is 2.51. The van der Waals surface area contributed by atoms with Crippen molar-refractivity contribution in [1.82, 2.24) is 14.3 Å². The Morgan fingerprint density at radius 3 is 2.95 bits per heavy atom. The van der Waals surface area contributed by atoms with Gasteiger partial charge in [-0.3, -0.25) is 0 Å². The van der Waals surface area contributed by atoms with E-state index in [1.165, 1.54) is 11.3 Å². The lowest BCUT2D eigenvalue weighted by Gasteiger charge is -2.06. The standard InChI is InChI=1S/C15H15N3O2S2/c1-18-9-16-7-13(18)11-6-12(11)17-22(19,20)15-8-21-14-5-3-2-4-10(14)15/h2-5,7-9,11-12,17H,6H2,1H3/t11-,12-/m1/s1. The quantitative estimate of drug-likeness (QED) is 0.798. The Bertz CT molecular complexity index is 943. The first-order valence-corrected chi connectivity index (χ1v) is 9.37. The third kappa shape index (κ3) is 2.25. The molecule has 0 amide bonds. The molecule has 2 atom stereocenters. The Balaban J connectivity index is 1.59. The number of nitrogens with one attached hydrogen (secondary N) is 1. The van der Waals surface area contributed by atoms with E-state index in [9.17, 15) is 8.42 Å². The largest absolute Gasteiger partial charge is 0.337 e. The second kappa shape index (κ2) is 4.91. The highest BCUT2D eigenvalue weighted by Crippen LogP contribution is 2.41. The second-order valence-electron chi connectivity index (χ2n) is 5.60. The number of imidazole rings is 1. The molecule has 0 radical (unpaired) electrons. The van der Waals surface area contributed by atoms with Gasteiger partial charge < -0.3 is 4.57 Å². The van der Waals surface area contributed by atoms with Crippen LogP contribution in [0.2, 0.25) is 0 Å². The van der Waals surface area contributed by atoms with E-state index < -0.39 is 10.0 Å². The van der Waals surface area contributed by atoms with Crippen LogP contribution in [-0.2, 0) is 17.1 Å². The minimum atomic E-state index is -3.49. The highest BCUT2D eigenvalue weighted by molar-refractivity contribution is 7.90. The number of rotatable bonds is 4. The summed E-state index contributed by atoms with van der Waals surface area (Å²) < 4.78 is 31.0. The molecule has 3 aromatic rings. The van der Waals surface area contributed by atoms with E-state index in [-0.39, 0.29) is 12.0 Å². The maximum atomic E-state index is 12.6. The Morgan fingerprint density at radius 1 is 1.36 bits per heavy atom. The van der Waals surface area contributed by atoms with E-state index in [2.05, 4.69) is 9.71 Å². The SMILES string of the molecule is Cn1cncc1[C@@H]1C[C@H]1NS(=O)(=O)c1csc2ccccc12. The van der Waals surface area contributed by atoms with Gasteiger partial charge in [0, 0.05) is 46.4 Å². The summed E-state index contributed by atoms with van der Waals surface area (Å²) >= 11 is 1.46. The third-order valence-electron chi connectivity index (χ3n) is 4.07. The average Bonchev–Trinajstić information content (AvgIpc) is 2.91. The topological polar surface area (TPSA) is 64.0 Å². The van der Waals surface area contributed by atoms with Gasteiger partial charge in [-0.05, 0) is 12.5 Å². The predicted molar refractivity (Wildman–Crippen MR) is 86.5 cm³/mol. The summed E-state index contributed by atoms with van der Waals surface area (Å²) in [5.41, 5.74) is 1.07. The summed E-state index contributed by atoms with van der Waals surface area (Å²) in [7, 11) is -1.56. The van der Waals surface area contributed by atoms with Gasteiger partial charge in [0.1, 0.15) is 4.90 Å². The van der Waals surface area contributed by atoms with Crippen molar-refractivity contribution in [2.24, 2.45) is 7.05 Å². The Hall–Kier alpha value is -1.70. The molecule has 1 aliphatic carbocycles. The number of benzene rings is 1.